The van der Waals surface area contributed by atoms with Crippen molar-refractivity contribution < 1.29 is 4.79 Å². The third-order valence-electron chi connectivity index (χ3n) is 3.31. The van der Waals surface area contributed by atoms with Crippen molar-refractivity contribution in [2.45, 2.75) is 6.92 Å². The molecule has 0 aliphatic carbocycles. The van der Waals surface area contributed by atoms with Crippen LogP contribution in [0.2, 0.25) is 10.0 Å². The highest BCUT2D eigenvalue weighted by Crippen LogP contribution is 2.24. The van der Waals surface area contributed by atoms with Gasteiger partial charge in [0, 0.05) is 33.8 Å². The van der Waals surface area contributed by atoms with Crippen LogP contribution in [0.3, 0.4) is 0 Å². The summed E-state index contributed by atoms with van der Waals surface area (Å²) in [5.41, 5.74) is 2.81. The van der Waals surface area contributed by atoms with E-state index in [1.54, 1.807) is 18.2 Å². The van der Waals surface area contributed by atoms with E-state index in [1.807, 2.05) is 31.2 Å². The molecule has 0 unspecified atom stereocenters. The molecule has 0 aliphatic rings. The van der Waals surface area contributed by atoms with E-state index >= 15 is 0 Å². The summed E-state index contributed by atoms with van der Waals surface area (Å²) < 4.78 is 0. The van der Waals surface area contributed by atoms with Crippen molar-refractivity contribution in [3.05, 3.63) is 76.0 Å². The Balaban J connectivity index is 1.70. The topological polar surface area (TPSA) is 66.9 Å². The van der Waals surface area contributed by atoms with E-state index < -0.39 is 0 Å². The summed E-state index contributed by atoms with van der Waals surface area (Å²) in [7, 11) is 0. The number of nitrogens with zero attached hydrogens (tertiary/aromatic N) is 2. The van der Waals surface area contributed by atoms with Crippen LogP contribution >= 0.6 is 23.2 Å². The van der Waals surface area contributed by atoms with Crippen LogP contribution in [0.5, 0.6) is 0 Å². The molecule has 0 atom stereocenters. The van der Waals surface area contributed by atoms with Crippen LogP contribution in [0.15, 0.2) is 54.9 Å². The molecular weight excluding hydrogens is 359 g/mol. The molecule has 0 radical (unpaired) electrons. The van der Waals surface area contributed by atoms with Gasteiger partial charge < -0.3 is 10.6 Å². The highest BCUT2D eigenvalue weighted by atomic mass is 35.5. The fourth-order valence-corrected chi connectivity index (χ4v) is 2.72. The van der Waals surface area contributed by atoms with Crippen molar-refractivity contribution in [3.63, 3.8) is 0 Å². The lowest BCUT2D eigenvalue weighted by Gasteiger charge is -2.08. The highest BCUT2D eigenvalue weighted by Gasteiger charge is 2.08. The molecule has 0 fully saturated rings. The van der Waals surface area contributed by atoms with Crippen LogP contribution in [0.1, 0.15) is 15.9 Å². The van der Waals surface area contributed by atoms with Crippen LogP contribution in [-0.2, 0) is 0 Å². The van der Waals surface area contributed by atoms with Gasteiger partial charge in [0.05, 0.1) is 5.56 Å². The number of aryl methyl sites for hydroxylation is 1. The molecule has 0 aliphatic heterocycles. The van der Waals surface area contributed by atoms with Crippen LogP contribution in [0, 0.1) is 6.92 Å². The molecule has 5 nitrogen and oxygen atoms in total. The maximum absolute atomic E-state index is 12.2. The van der Waals surface area contributed by atoms with E-state index in [1.165, 1.54) is 12.4 Å². The summed E-state index contributed by atoms with van der Waals surface area (Å²) in [6.45, 7) is 1.96. The second-order valence-corrected chi connectivity index (χ2v) is 6.27. The van der Waals surface area contributed by atoms with E-state index in [2.05, 4.69) is 20.6 Å². The predicted molar refractivity (Wildman–Crippen MR) is 101 cm³/mol. The number of hydrogen-bond donors (Lipinski definition) is 2. The monoisotopic (exact) mass is 372 g/mol. The molecule has 1 amide bonds. The van der Waals surface area contributed by atoms with Gasteiger partial charge in [0.2, 0.25) is 5.95 Å². The smallest absolute Gasteiger partial charge is 0.258 e. The minimum atomic E-state index is -0.275. The lowest BCUT2D eigenvalue weighted by Crippen LogP contribution is -2.13. The van der Waals surface area contributed by atoms with Gasteiger partial charge in [-0.05, 0) is 42.8 Å². The Morgan fingerprint density at radius 3 is 2.28 bits per heavy atom. The standard InChI is InChI=1S/C18H14Cl2N4O/c1-11-3-2-4-15(5-11)23-17(25)12-9-21-18(22-10-12)24-16-7-13(19)6-14(20)8-16/h2-10H,1H3,(H,23,25)(H,21,22,24). The Morgan fingerprint density at radius 1 is 0.960 bits per heavy atom. The summed E-state index contributed by atoms with van der Waals surface area (Å²) in [6, 6.07) is 12.6. The number of aromatic nitrogens is 2. The first-order valence-electron chi connectivity index (χ1n) is 7.43. The summed E-state index contributed by atoms with van der Waals surface area (Å²) in [6.07, 6.45) is 2.90. The second kappa shape index (κ2) is 7.51. The number of nitrogens with one attached hydrogen (secondary N) is 2. The van der Waals surface area contributed by atoms with Gasteiger partial charge in [0.15, 0.2) is 0 Å². The quantitative estimate of drug-likeness (QED) is 0.669. The van der Waals surface area contributed by atoms with Gasteiger partial charge in [-0.15, -0.1) is 0 Å². The zero-order valence-electron chi connectivity index (χ0n) is 13.3. The number of hydrogen-bond acceptors (Lipinski definition) is 4. The molecule has 3 rings (SSSR count). The van der Waals surface area contributed by atoms with Gasteiger partial charge >= 0.3 is 0 Å². The molecule has 25 heavy (non-hydrogen) atoms. The number of rotatable bonds is 4. The SMILES string of the molecule is Cc1cccc(NC(=O)c2cnc(Nc3cc(Cl)cc(Cl)c3)nc2)c1. The first-order valence-corrected chi connectivity index (χ1v) is 8.18. The zero-order chi connectivity index (χ0) is 17.8. The molecule has 1 aromatic heterocycles. The third-order valence-corrected chi connectivity index (χ3v) is 3.75. The Kier molecular flexibility index (Phi) is 5.16. The molecule has 0 saturated carbocycles. The minimum absolute atomic E-state index is 0.275. The van der Waals surface area contributed by atoms with Gasteiger partial charge in [-0.25, -0.2) is 9.97 Å². The molecule has 1 heterocycles. The van der Waals surface area contributed by atoms with E-state index in [9.17, 15) is 4.79 Å². The first-order chi connectivity index (χ1) is 12.0. The van der Waals surface area contributed by atoms with Crippen molar-refractivity contribution >= 4 is 46.4 Å². The first kappa shape index (κ1) is 17.2. The third kappa shape index (κ3) is 4.68. The van der Waals surface area contributed by atoms with E-state index in [-0.39, 0.29) is 5.91 Å². The molecule has 2 aromatic carbocycles. The van der Waals surface area contributed by atoms with E-state index in [4.69, 9.17) is 23.2 Å². The van der Waals surface area contributed by atoms with Crippen LogP contribution in [0.4, 0.5) is 17.3 Å². The number of carbonyl (C=O) groups is 1. The number of amides is 1. The minimum Gasteiger partial charge on any atom is -0.324 e. The van der Waals surface area contributed by atoms with Crippen LogP contribution in [-0.4, -0.2) is 15.9 Å². The molecule has 3 aromatic rings. The van der Waals surface area contributed by atoms with Gasteiger partial charge in [-0.2, -0.15) is 0 Å². The zero-order valence-corrected chi connectivity index (χ0v) is 14.8. The number of halogens is 2. The van der Waals surface area contributed by atoms with Crippen molar-refractivity contribution in [2.24, 2.45) is 0 Å². The van der Waals surface area contributed by atoms with Crippen molar-refractivity contribution in [1.82, 2.24) is 9.97 Å². The van der Waals surface area contributed by atoms with Gasteiger partial charge in [0.25, 0.3) is 5.91 Å². The molecule has 2 N–H and O–H groups in total. The average Bonchev–Trinajstić information content (AvgIpc) is 2.54. The number of benzene rings is 2. The highest BCUT2D eigenvalue weighted by molar-refractivity contribution is 6.35. The van der Waals surface area contributed by atoms with Gasteiger partial charge in [0.1, 0.15) is 0 Å². The fourth-order valence-electron chi connectivity index (χ4n) is 2.19. The summed E-state index contributed by atoms with van der Waals surface area (Å²) >= 11 is 11.9. The van der Waals surface area contributed by atoms with Crippen molar-refractivity contribution in [3.8, 4) is 0 Å². The van der Waals surface area contributed by atoms with E-state index in [0.29, 0.717) is 27.2 Å². The maximum atomic E-state index is 12.2. The summed E-state index contributed by atoms with van der Waals surface area (Å²) in [4.78, 5) is 20.5. The van der Waals surface area contributed by atoms with Crippen molar-refractivity contribution in [1.29, 1.82) is 0 Å². The molecule has 7 heteroatoms. The van der Waals surface area contributed by atoms with Crippen LogP contribution in [0.25, 0.3) is 0 Å². The summed E-state index contributed by atoms with van der Waals surface area (Å²) in [5.74, 6) is 0.0633. The van der Waals surface area contributed by atoms with Gasteiger partial charge in [-0.3, -0.25) is 4.79 Å². The lowest BCUT2D eigenvalue weighted by atomic mass is 10.2. The largest absolute Gasteiger partial charge is 0.324 e. The summed E-state index contributed by atoms with van der Waals surface area (Å²) in [5, 5.41) is 6.80. The van der Waals surface area contributed by atoms with Gasteiger partial charge in [-0.1, -0.05) is 35.3 Å². The van der Waals surface area contributed by atoms with Crippen molar-refractivity contribution in [2.75, 3.05) is 10.6 Å². The Labute approximate surface area is 155 Å². The molecule has 126 valence electrons. The predicted octanol–water partition coefficient (Wildman–Crippen LogP) is 5.09. The average molecular weight is 373 g/mol. The molecule has 0 spiro atoms. The Bertz CT molecular complexity index is 893. The van der Waals surface area contributed by atoms with Crippen LogP contribution < -0.4 is 10.6 Å². The Morgan fingerprint density at radius 2 is 1.64 bits per heavy atom. The maximum Gasteiger partial charge on any atom is 0.258 e. The lowest BCUT2D eigenvalue weighted by molar-refractivity contribution is 0.102. The second-order valence-electron chi connectivity index (χ2n) is 5.40. The number of anilines is 3. The van der Waals surface area contributed by atoms with E-state index in [0.717, 1.165) is 11.3 Å². The normalized spacial score (nSPS) is 10.4. The molecule has 0 saturated heterocycles. The fraction of sp³-hybridized carbons (Fsp3) is 0.0556. The molecular formula is C18H14Cl2N4O. The Hall–Kier alpha value is -2.63. The molecule has 0 bridgehead atoms. The number of carbonyl (C=O) groups excluding carboxylic acids is 1.